The first-order valence-corrected chi connectivity index (χ1v) is 7.00. The SMILES string of the molecule is CCN(CC)CCCN(CC)C(=O)C(C)C(N)=NO. The standard InChI is InChI=1S/C13H28N4O2/c1-5-16(6-2)9-8-10-17(7-3)13(18)11(4)12(14)15-19/h11,19H,5-10H2,1-4H3,(H2,14,15). The number of nitrogens with two attached hydrogens (primary N) is 1. The van der Waals surface area contributed by atoms with Crippen LogP contribution in [-0.2, 0) is 4.79 Å². The predicted molar refractivity (Wildman–Crippen MR) is 77.2 cm³/mol. The molecule has 0 spiro atoms. The average Bonchev–Trinajstić information content (AvgIpc) is 2.45. The van der Waals surface area contributed by atoms with Gasteiger partial charge in [-0.05, 0) is 39.9 Å². The normalized spacial score (nSPS) is 13.6. The molecule has 0 heterocycles. The number of nitrogens with zero attached hydrogens (tertiary/aromatic N) is 3. The zero-order chi connectivity index (χ0) is 14.8. The Kier molecular flexibility index (Phi) is 8.95. The maximum Gasteiger partial charge on any atom is 0.233 e. The van der Waals surface area contributed by atoms with Crippen LogP contribution in [0, 0.1) is 5.92 Å². The summed E-state index contributed by atoms with van der Waals surface area (Å²) < 4.78 is 0. The third-order valence-electron chi connectivity index (χ3n) is 3.42. The molecule has 112 valence electrons. The Morgan fingerprint density at radius 2 is 1.79 bits per heavy atom. The molecule has 0 bridgehead atoms. The van der Waals surface area contributed by atoms with Gasteiger partial charge in [-0.15, -0.1) is 0 Å². The molecule has 0 rings (SSSR count). The van der Waals surface area contributed by atoms with E-state index in [1.807, 2.05) is 6.92 Å². The van der Waals surface area contributed by atoms with Crippen LogP contribution in [-0.4, -0.2) is 59.5 Å². The molecule has 0 radical (unpaired) electrons. The van der Waals surface area contributed by atoms with Crippen LogP contribution >= 0.6 is 0 Å². The van der Waals surface area contributed by atoms with E-state index in [1.54, 1.807) is 11.8 Å². The minimum absolute atomic E-state index is 0.0350. The third-order valence-corrected chi connectivity index (χ3v) is 3.42. The molecule has 1 unspecified atom stereocenters. The Balaban J connectivity index is 4.31. The number of amides is 1. The second-order valence-electron chi connectivity index (χ2n) is 4.54. The molecule has 0 fully saturated rings. The van der Waals surface area contributed by atoms with Gasteiger partial charge >= 0.3 is 0 Å². The van der Waals surface area contributed by atoms with Crippen LogP contribution < -0.4 is 5.73 Å². The molecule has 0 saturated carbocycles. The summed E-state index contributed by atoms with van der Waals surface area (Å²) in [6, 6.07) is 0. The fourth-order valence-electron chi connectivity index (χ4n) is 1.94. The van der Waals surface area contributed by atoms with Gasteiger partial charge < -0.3 is 20.7 Å². The summed E-state index contributed by atoms with van der Waals surface area (Å²) >= 11 is 0. The molecule has 0 aromatic heterocycles. The molecule has 3 N–H and O–H groups in total. The summed E-state index contributed by atoms with van der Waals surface area (Å²) in [7, 11) is 0. The Labute approximate surface area is 116 Å². The Hall–Kier alpha value is -1.30. The molecule has 0 aliphatic carbocycles. The van der Waals surface area contributed by atoms with E-state index in [1.165, 1.54) is 0 Å². The molecule has 0 aromatic rings. The molecule has 0 aliphatic rings. The van der Waals surface area contributed by atoms with Crippen LogP contribution in [0.1, 0.15) is 34.1 Å². The van der Waals surface area contributed by atoms with E-state index in [2.05, 4.69) is 23.9 Å². The number of rotatable bonds is 9. The smallest absolute Gasteiger partial charge is 0.233 e. The third kappa shape index (κ3) is 5.92. The fraction of sp³-hybridized carbons (Fsp3) is 0.846. The van der Waals surface area contributed by atoms with Gasteiger partial charge in [0, 0.05) is 13.1 Å². The van der Waals surface area contributed by atoms with Crippen LogP contribution in [0.2, 0.25) is 0 Å². The molecule has 1 atom stereocenters. The summed E-state index contributed by atoms with van der Waals surface area (Å²) in [6.07, 6.45) is 0.935. The lowest BCUT2D eigenvalue weighted by Gasteiger charge is -2.25. The van der Waals surface area contributed by atoms with Gasteiger partial charge in [-0.3, -0.25) is 4.79 Å². The van der Waals surface area contributed by atoms with Gasteiger partial charge in [0.2, 0.25) is 5.91 Å². The van der Waals surface area contributed by atoms with Crippen molar-refractivity contribution < 1.29 is 10.0 Å². The van der Waals surface area contributed by atoms with E-state index < -0.39 is 5.92 Å². The number of oxime groups is 1. The van der Waals surface area contributed by atoms with Crippen molar-refractivity contribution in [2.45, 2.75) is 34.1 Å². The zero-order valence-corrected chi connectivity index (χ0v) is 12.6. The molecule has 0 saturated heterocycles. The summed E-state index contributed by atoms with van der Waals surface area (Å²) in [4.78, 5) is 16.2. The first kappa shape index (κ1) is 17.7. The molecule has 0 aromatic carbocycles. The summed E-state index contributed by atoms with van der Waals surface area (Å²) in [5, 5.41) is 11.5. The van der Waals surface area contributed by atoms with Gasteiger partial charge in [0.15, 0.2) is 5.84 Å². The Bertz CT molecular complexity index is 290. The Morgan fingerprint density at radius 3 is 2.21 bits per heavy atom. The second kappa shape index (κ2) is 9.61. The van der Waals surface area contributed by atoms with Crippen molar-refractivity contribution in [3.05, 3.63) is 0 Å². The lowest BCUT2D eigenvalue weighted by atomic mass is 10.1. The largest absolute Gasteiger partial charge is 0.409 e. The molecule has 6 nitrogen and oxygen atoms in total. The average molecular weight is 272 g/mol. The lowest BCUT2D eigenvalue weighted by Crippen LogP contribution is -2.41. The van der Waals surface area contributed by atoms with Gasteiger partial charge in [-0.1, -0.05) is 19.0 Å². The van der Waals surface area contributed by atoms with E-state index in [0.717, 1.165) is 26.1 Å². The van der Waals surface area contributed by atoms with E-state index in [9.17, 15) is 4.79 Å². The van der Waals surface area contributed by atoms with Crippen molar-refractivity contribution >= 4 is 11.7 Å². The van der Waals surface area contributed by atoms with Gasteiger partial charge in [0.25, 0.3) is 0 Å². The fourth-order valence-corrected chi connectivity index (χ4v) is 1.94. The number of amidine groups is 1. The molecule has 6 heteroatoms. The van der Waals surface area contributed by atoms with Gasteiger partial charge in [-0.25, -0.2) is 0 Å². The maximum atomic E-state index is 12.1. The molecular formula is C13H28N4O2. The highest BCUT2D eigenvalue weighted by molar-refractivity contribution is 6.01. The number of carbonyl (C=O) groups excluding carboxylic acids is 1. The van der Waals surface area contributed by atoms with Crippen molar-refractivity contribution in [3.63, 3.8) is 0 Å². The molecule has 1 amide bonds. The van der Waals surface area contributed by atoms with Crippen LogP contribution in [0.4, 0.5) is 0 Å². The monoisotopic (exact) mass is 272 g/mol. The zero-order valence-electron chi connectivity index (χ0n) is 12.6. The van der Waals surface area contributed by atoms with Crippen molar-refractivity contribution in [2.24, 2.45) is 16.8 Å². The maximum absolute atomic E-state index is 12.1. The van der Waals surface area contributed by atoms with Crippen molar-refractivity contribution in [1.29, 1.82) is 0 Å². The van der Waals surface area contributed by atoms with E-state index in [-0.39, 0.29) is 11.7 Å². The van der Waals surface area contributed by atoms with Crippen molar-refractivity contribution in [3.8, 4) is 0 Å². The highest BCUT2D eigenvalue weighted by Crippen LogP contribution is 2.04. The van der Waals surface area contributed by atoms with E-state index >= 15 is 0 Å². The van der Waals surface area contributed by atoms with Crippen LogP contribution in [0.25, 0.3) is 0 Å². The Morgan fingerprint density at radius 1 is 1.21 bits per heavy atom. The highest BCUT2D eigenvalue weighted by atomic mass is 16.4. The highest BCUT2D eigenvalue weighted by Gasteiger charge is 2.22. The lowest BCUT2D eigenvalue weighted by molar-refractivity contribution is -0.132. The molecular weight excluding hydrogens is 244 g/mol. The molecule has 19 heavy (non-hydrogen) atoms. The quantitative estimate of drug-likeness (QED) is 0.283. The van der Waals surface area contributed by atoms with Crippen LogP contribution in [0.5, 0.6) is 0 Å². The first-order valence-electron chi connectivity index (χ1n) is 7.00. The number of hydrogen-bond donors (Lipinski definition) is 2. The van der Waals surface area contributed by atoms with Crippen molar-refractivity contribution in [2.75, 3.05) is 32.7 Å². The van der Waals surface area contributed by atoms with Crippen LogP contribution in [0.15, 0.2) is 5.16 Å². The number of carbonyl (C=O) groups is 1. The summed E-state index contributed by atoms with van der Waals surface area (Å²) in [6.45, 7) is 12.2. The topological polar surface area (TPSA) is 82.2 Å². The predicted octanol–water partition coefficient (Wildman–Crippen LogP) is 0.949. The van der Waals surface area contributed by atoms with Crippen LogP contribution in [0.3, 0.4) is 0 Å². The summed E-state index contributed by atoms with van der Waals surface area (Å²) in [5.41, 5.74) is 5.47. The van der Waals surface area contributed by atoms with Gasteiger partial charge in [0.1, 0.15) is 0 Å². The molecule has 0 aliphatic heterocycles. The summed E-state index contributed by atoms with van der Waals surface area (Å²) in [5.74, 6) is -0.692. The van der Waals surface area contributed by atoms with Gasteiger partial charge in [-0.2, -0.15) is 0 Å². The number of hydrogen-bond acceptors (Lipinski definition) is 4. The van der Waals surface area contributed by atoms with Crippen molar-refractivity contribution in [1.82, 2.24) is 9.80 Å². The van der Waals surface area contributed by atoms with E-state index in [4.69, 9.17) is 10.9 Å². The minimum Gasteiger partial charge on any atom is -0.409 e. The van der Waals surface area contributed by atoms with Gasteiger partial charge in [0.05, 0.1) is 5.92 Å². The van der Waals surface area contributed by atoms with E-state index in [0.29, 0.717) is 13.1 Å². The second-order valence-corrected chi connectivity index (χ2v) is 4.54. The minimum atomic E-state index is -0.571. The first-order chi connectivity index (χ1) is 9.01.